The summed E-state index contributed by atoms with van der Waals surface area (Å²) < 4.78 is 1.06. The summed E-state index contributed by atoms with van der Waals surface area (Å²) in [4.78, 5) is 13.9. The maximum absolute atomic E-state index is 8.77. The van der Waals surface area contributed by atoms with E-state index in [0.29, 0.717) is 11.1 Å². The number of nitriles is 2. The number of rotatable bonds is 0. The molecule has 4 aromatic rings. The van der Waals surface area contributed by atoms with E-state index in [9.17, 15) is 0 Å². The Morgan fingerprint density at radius 3 is 2.15 bits per heavy atom. The molecule has 0 saturated heterocycles. The molecule has 6 nitrogen and oxygen atoms in total. The first-order valence-corrected chi connectivity index (χ1v) is 14.1. The lowest BCUT2D eigenvalue weighted by molar-refractivity contribution is 1.32. The van der Waals surface area contributed by atoms with Gasteiger partial charge >= 0.3 is 0 Å². The third kappa shape index (κ3) is 5.05. The van der Waals surface area contributed by atoms with Crippen molar-refractivity contribution >= 4 is 81.6 Å². The van der Waals surface area contributed by atoms with Crippen molar-refractivity contribution in [3.8, 4) is 12.1 Å². The molecule has 0 spiro atoms. The van der Waals surface area contributed by atoms with Crippen molar-refractivity contribution < 1.29 is 0 Å². The van der Waals surface area contributed by atoms with Crippen molar-refractivity contribution in [2.45, 2.75) is 7.43 Å². The lowest BCUT2D eigenvalue weighted by atomic mass is 10.2. The second-order valence-corrected chi connectivity index (χ2v) is 5.76. The highest BCUT2D eigenvalue weighted by molar-refractivity contribution is 15.0. The zero-order chi connectivity index (χ0) is 18.2. The summed E-state index contributed by atoms with van der Waals surface area (Å²) in [6.07, 6.45) is 10.2. The Balaban J connectivity index is 0.000000230. The van der Waals surface area contributed by atoms with E-state index in [0.717, 1.165) is 25.4 Å². The molecule has 4 aromatic heterocycles. The second kappa shape index (κ2) is 11.3. The van der Waals surface area contributed by atoms with Gasteiger partial charge in [0.25, 0.3) is 0 Å². The highest BCUT2D eigenvalue weighted by Crippen LogP contribution is 2.21. The summed E-state index contributed by atoms with van der Waals surface area (Å²) in [5.41, 5.74) is 3.06. The normalized spacial score (nSPS) is 8.96. The van der Waals surface area contributed by atoms with Gasteiger partial charge in [0, 0.05) is 76.4 Å². The van der Waals surface area contributed by atoms with Crippen LogP contribution in [0.4, 0.5) is 0 Å². The first-order valence-electron chi connectivity index (χ1n) is 6.70. The zero-order valence-electron chi connectivity index (χ0n) is 12.5. The number of hydrogen-bond donors (Lipinski definition) is 2. The molecule has 9 heteroatoms. The van der Waals surface area contributed by atoms with Gasteiger partial charge < -0.3 is 9.97 Å². The average Bonchev–Trinajstić information content (AvgIpc) is 3.30. The summed E-state index contributed by atoms with van der Waals surface area (Å²) >= 11 is 6.43. The summed E-state index contributed by atoms with van der Waals surface area (Å²) in [5, 5.41) is 19.3. The number of aromatic nitrogens is 4. The topological polar surface area (TPSA) is 105 Å². The number of fused-ring (bicyclic) bond motifs is 2. The Morgan fingerprint density at radius 1 is 0.885 bits per heavy atom. The zero-order valence-corrected chi connectivity index (χ0v) is 18.9. The minimum absolute atomic E-state index is 0. The average molecular weight is 682 g/mol. The highest BCUT2D eigenvalue weighted by Gasteiger charge is 2.05. The molecule has 4 heterocycles. The van der Waals surface area contributed by atoms with Crippen LogP contribution in [0.15, 0.2) is 43.2 Å². The van der Waals surface area contributed by atoms with E-state index >= 15 is 0 Å². The molecule has 0 bridgehead atoms. The van der Waals surface area contributed by atoms with Gasteiger partial charge in [0.15, 0.2) is 0 Å². The van der Waals surface area contributed by atoms with E-state index in [1.165, 1.54) is 0 Å². The maximum atomic E-state index is 8.77. The number of pyridine rings is 2. The Hall–Kier alpha value is -1.45. The number of nitrogens with zero attached hydrogens (tertiary/aromatic N) is 4. The minimum Gasteiger partial charge on any atom is -0.360 e. The van der Waals surface area contributed by atoms with Gasteiger partial charge in [-0.15, -0.1) is 0 Å². The van der Waals surface area contributed by atoms with Crippen LogP contribution >= 0.6 is 59.8 Å². The molecule has 0 aliphatic rings. The molecule has 2 N–H and O–H groups in total. The van der Waals surface area contributed by atoms with Crippen LogP contribution < -0.4 is 0 Å². The van der Waals surface area contributed by atoms with Gasteiger partial charge in [-0.2, -0.15) is 10.5 Å². The van der Waals surface area contributed by atoms with Crippen LogP contribution in [0.2, 0.25) is 0 Å². The molecule has 0 saturated carbocycles. The van der Waals surface area contributed by atoms with Crippen molar-refractivity contribution in [2.24, 2.45) is 0 Å². The van der Waals surface area contributed by atoms with Crippen molar-refractivity contribution in [1.82, 2.24) is 19.9 Å². The van der Waals surface area contributed by atoms with Gasteiger partial charge in [0.05, 0.1) is 34.6 Å². The smallest absolute Gasteiger partial charge is 0.102 e. The second-order valence-electron chi connectivity index (χ2n) is 4.60. The number of hydrogen-bond acceptors (Lipinski definition) is 4. The third-order valence-corrected chi connectivity index (χ3v) is 4.11. The van der Waals surface area contributed by atoms with Crippen LogP contribution in [0.1, 0.15) is 18.6 Å². The van der Waals surface area contributed by atoms with Crippen molar-refractivity contribution in [1.29, 1.82) is 10.5 Å². The number of halogens is 3. The molecule has 0 unspecified atom stereocenters. The predicted octanol–water partition coefficient (Wildman–Crippen LogP) is 5.88. The number of H-pyrrole nitrogens is 2. The minimum atomic E-state index is 0. The molecule has 0 aromatic carbocycles. The van der Waals surface area contributed by atoms with E-state index < -0.39 is 0 Å². The van der Waals surface area contributed by atoms with Gasteiger partial charge in [-0.3, -0.25) is 9.97 Å². The molecule has 0 aliphatic carbocycles. The molecular formula is C17H13I3N6. The fourth-order valence-electron chi connectivity index (χ4n) is 2.19. The molecule has 132 valence electrons. The van der Waals surface area contributed by atoms with Crippen molar-refractivity contribution in [3.63, 3.8) is 0 Å². The standard InChI is InChI=1S/C8H4IN3.C8H5N3.CH4.I2/c9-6-3-12-7-4-11-2-5(1-10)8(6)7;9-3-6-4-10-5-8-7(6)1-2-11-8;;1-2/h2-4,12H;1-2,4-5,11H;1H4;. The lowest BCUT2D eigenvalue weighted by Gasteiger charge is -1.91. The van der Waals surface area contributed by atoms with Gasteiger partial charge in [-0.1, -0.05) is 7.43 Å². The molecule has 0 radical (unpaired) electrons. The van der Waals surface area contributed by atoms with Gasteiger partial charge in [-0.25, -0.2) is 0 Å². The third-order valence-electron chi connectivity index (χ3n) is 3.26. The monoisotopic (exact) mass is 682 g/mol. The summed E-state index contributed by atoms with van der Waals surface area (Å²) in [6.45, 7) is 0. The highest BCUT2D eigenvalue weighted by atomic mass is 128. The van der Waals surface area contributed by atoms with Gasteiger partial charge in [0.1, 0.15) is 12.1 Å². The molecule has 26 heavy (non-hydrogen) atoms. The summed E-state index contributed by atoms with van der Waals surface area (Å²) in [7, 11) is 0. The summed E-state index contributed by atoms with van der Waals surface area (Å²) in [6, 6.07) is 6.05. The fraction of sp³-hybridized carbons (Fsp3) is 0.0588. The van der Waals surface area contributed by atoms with E-state index in [2.05, 4.69) is 91.9 Å². The van der Waals surface area contributed by atoms with E-state index in [1.54, 1.807) is 31.0 Å². The van der Waals surface area contributed by atoms with Crippen LogP contribution in [-0.2, 0) is 0 Å². The van der Waals surface area contributed by atoms with Crippen molar-refractivity contribution in [3.05, 3.63) is 57.9 Å². The quantitative estimate of drug-likeness (QED) is 0.226. The number of aromatic amines is 2. The Labute approximate surface area is 187 Å². The molecule has 4 rings (SSSR count). The van der Waals surface area contributed by atoms with Crippen LogP contribution in [0.3, 0.4) is 0 Å². The van der Waals surface area contributed by atoms with Crippen LogP contribution in [0.25, 0.3) is 21.8 Å². The van der Waals surface area contributed by atoms with Gasteiger partial charge in [0.2, 0.25) is 0 Å². The first kappa shape index (κ1) is 22.6. The van der Waals surface area contributed by atoms with Crippen LogP contribution in [0.5, 0.6) is 0 Å². The Kier molecular flexibility index (Phi) is 9.82. The SMILES string of the molecule is C.II.N#Cc1cncc2[nH]cc(I)c12.N#Cc1cncc2[nH]ccc12. The molecule has 0 amide bonds. The fourth-order valence-corrected chi connectivity index (χ4v) is 2.93. The number of nitrogens with one attached hydrogen (secondary N) is 2. The molecule has 0 fully saturated rings. The van der Waals surface area contributed by atoms with Crippen molar-refractivity contribution in [2.75, 3.05) is 0 Å². The summed E-state index contributed by atoms with van der Waals surface area (Å²) in [5.74, 6) is 0. The lowest BCUT2D eigenvalue weighted by Crippen LogP contribution is -1.80. The Bertz CT molecular complexity index is 1070. The largest absolute Gasteiger partial charge is 0.360 e. The maximum Gasteiger partial charge on any atom is 0.102 e. The molecule has 0 atom stereocenters. The van der Waals surface area contributed by atoms with E-state index in [1.807, 2.05) is 12.3 Å². The predicted molar refractivity (Wildman–Crippen MR) is 129 cm³/mol. The molecule has 0 aliphatic heterocycles. The van der Waals surface area contributed by atoms with Crippen LogP contribution in [-0.4, -0.2) is 19.9 Å². The van der Waals surface area contributed by atoms with E-state index in [-0.39, 0.29) is 7.43 Å². The van der Waals surface area contributed by atoms with Crippen LogP contribution in [0, 0.1) is 26.2 Å². The van der Waals surface area contributed by atoms with Gasteiger partial charge in [-0.05, 0) is 28.7 Å². The van der Waals surface area contributed by atoms with E-state index in [4.69, 9.17) is 10.5 Å². The Morgan fingerprint density at radius 2 is 1.50 bits per heavy atom. The first-order chi connectivity index (χ1) is 12.2. The molecular weight excluding hydrogens is 669 g/mol.